The van der Waals surface area contributed by atoms with Gasteiger partial charge in [0.15, 0.2) is 0 Å². The van der Waals surface area contributed by atoms with Gasteiger partial charge in [-0.3, -0.25) is 9.69 Å². The third-order valence-corrected chi connectivity index (χ3v) is 3.36. The van der Waals surface area contributed by atoms with E-state index in [2.05, 4.69) is 22.5 Å². The van der Waals surface area contributed by atoms with Crippen LogP contribution in [0.15, 0.2) is 0 Å². The summed E-state index contributed by atoms with van der Waals surface area (Å²) in [6, 6.07) is 1.22. The predicted octanol–water partition coefficient (Wildman–Crippen LogP) is 0.339. The summed E-state index contributed by atoms with van der Waals surface area (Å²) in [7, 11) is 0. The van der Waals surface area contributed by atoms with Crippen molar-refractivity contribution in [2.24, 2.45) is 0 Å². The molecule has 1 amide bonds. The molecule has 0 spiro atoms. The van der Waals surface area contributed by atoms with Crippen molar-refractivity contribution >= 4 is 5.91 Å². The first-order valence-electron chi connectivity index (χ1n) is 6.53. The summed E-state index contributed by atoms with van der Waals surface area (Å²) in [6.07, 6.45) is 4.92. The minimum Gasteiger partial charge on any atom is -0.351 e. The lowest BCUT2D eigenvalue weighted by Gasteiger charge is -2.15. The molecule has 1 saturated heterocycles. The van der Waals surface area contributed by atoms with E-state index in [-0.39, 0.29) is 5.91 Å². The Morgan fingerprint density at radius 3 is 2.88 bits per heavy atom. The van der Waals surface area contributed by atoms with Crippen LogP contribution in [0.25, 0.3) is 0 Å². The van der Waals surface area contributed by atoms with E-state index >= 15 is 0 Å². The highest BCUT2D eigenvalue weighted by Gasteiger charge is 2.34. The van der Waals surface area contributed by atoms with Gasteiger partial charge in [-0.05, 0) is 32.2 Å². The van der Waals surface area contributed by atoms with Crippen molar-refractivity contribution in [1.29, 1.82) is 0 Å². The third kappa shape index (κ3) is 3.46. The Kier molecular flexibility index (Phi) is 4.18. The Labute approximate surface area is 97.8 Å². The van der Waals surface area contributed by atoms with Gasteiger partial charge in [-0.1, -0.05) is 6.92 Å². The standard InChI is InChI=1S/C12H23N3O/c1-2-6-13-8-12(16)14-10-5-7-15(9-10)11-3-4-11/h10-11,13H,2-9H2,1H3,(H,14,16). The van der Waals surface area contributed by atoms with Gasteiger partial charge in [0.05, 0.1) is 6.54 Å². The van der Waals surface area contributed by atoms with Crippen LogP contribution >= 0.6 is 0 Å². The summed E-state index contributed by atoms with van der Waals surface area (Å²) in [6.45, 7) is 5.72. The van der Waals surface area contributed by atoms with E-state index in [9.17, 15) is 4.79 Å². The number of carbonyl (C=O) groups excluding carboxylic acids is 1. The molecule has 1 heterocycles. The molecule has 0 bridgehead atoms. The first-order valence-corrected chi connectivity index (χ1v) is 6.53. The molecule has 0 aromatic carbocycles. The molecular formula is C12H23N3O. The Morgan fingerprint density at radius 2 is 2.19 bits per heavy atom. The van der Waals surface area contributed by atoms with Gasteiger partial charge in [-0.15, -0.1) is 0 Å². The highest BCUT2D eigenvalue weighted by atomic mass is 16.2. The highest BCUT2D eigenvalue weighted by molar-refractivity contribution is 5.78. The molecule has 4 heteroatoms. The van der Waals surface area contributed by atoms with Crippen LogP contribution in [0.1, 0.15) is 32.6 Å². The van der Waals surface area contributed by atoms with E-state index < -0.39 is 0 Å². The van der Waals surface area contributed by atoms with E-state index in [1.165, 1.54) is 12.8 Å². The molecule has 2 aliphatic rings. The van der Waals surface area contributed by atoms with Crippen LogP contribution in [0.2, 0.25) is 0 Å². The van der Waals surface area contributed by atoms with Gasteiger partial charge in [0.2, 0.25) is 5.91 Å². The highest BCUT2D eigenvalue weighted by Crippen LogP contribution is 2.29. The van der Waals surface area contributed by atoms with Crippen LogP contribution in [-0.4, -0.2) is 49.1 Å². The fraction of sp³-hybridized carbons (Fsp3) is 0.917. The largest absolute Gasteiger partial charge is 0.351 e. The van der Waals surface area contributed by atoms with E-state index in [1.54, 1.807) is 0 Å². The molecule has 2 N–H and O–H groups in total. The molecule has 1 unspecified atom stereocenters. The van der Waals surface area contributed by atoms with Crippen molar-refractivity contribution in [3.05, 3.63) is 0 Å². The topological polar surface area (TPSA) is 44.4 Å². The van der Waals surface area contributed by atoms with Crippen LogP contribution in [0, 0.1) is 0 Å². The normalized spacial score (nSPS) is 25.9. The van der Waals surface area contributed by atoms with Gasteiger partial charge in [-0.2, -0.15) is 0 Å². The molecule has 1 saturated carbocycles. The van der Waals surface area contributed by atoms with Crippen molar-refractivity contribution in [3.63, 3.8) is 0 Å². The number of nitrogens with one attached hydrogen (secondary N) is 2. The van der Waals surface area contributed by atoms with Crippen LogP contribution in [-0.2, 0) is 4.79 Å². The second kappa shape index (κ2) is 5.64. The Bertz CT molecular complexity index is 240. The number of hydrogen-bond donors (Lipinski definition) is 2. The molecule has 2 fully saturated rings. The van der Waals surface area contributed by atoms with Gasteiger partial charge >= 0.3 is 0 Å². The molecule has 1 aliphatic heterocycles. The molecule has 1 atom stereocenters. The monoisotopic (exact) mass is 225 g/mol. The van der Waals surface area contributed by atoms with E-state index in [0.717, 1.165) is 38.5 Å². The lowest BCUT2D eigenvalue weighted by atomic mass is 10.2. The minimum atomic E-state index is 0.149. The zero-order valence-corrected chi connectivity index (χ0v) is 10.2. The van der Waals surface area contributed by atoms with Gasteiger partial charge in [0, 0.05) is 25.2 Å². The van der Waals surface area contributed by atoms with Crippen molar-refractivity contribution in [2.45, 2.75) is 44.7 Å². The van der Waals surface area contributed by atoms with Gasteiger partial charge in [0.25, 0.3) is 0 Å². The summed E-state index contributed by atoms with van der Waals surface area (Å²) in [5.74, 6) is 0.149. The van der Waals surface area contributed by atoms with Gasteiger partial charge in [0.1, 0.15) is 0 Å². The lowest BCUT2D eigenvalue weighted by Crippen LogP contribution is -2.42. The first-order chi connectivity index (χ1) is 7.79. The molecule has 2 rings (SSSR count). The van der Waals surface area contributed by atoms with E-state index in [0.29, 0.717) is 12.6 Å². The van der Waals surface area contributed by atoms with Crippen LogP contribution in [0.3, 0.4) is 0 Å². The number of hydrogen-bond acceptors (Lipinski definition) is 3. The molecular weight excluding hydrogens is 202 g/mol. The fourth-order valence-electron chi connectivity index (χ4n) is 2.33. The van der Waals surface area contributed by atoms with Gasteiger partial charge in [-0.25, -0.2) is 0 Å². The molecule has 4 nitrogen and oxygen atoms in total. The number of amides is 1. The summed E-state index contributed by atoms with van der Waals surface area (Å²) >= 11 is 0. The fourth-order valence-corrected chi connectivity index (χ4v) is 2.33. The second-order valence-electron chi connectivity index (χ2n) is 4.96. The number of rotatable bonds is 6. The average Bonchev–Trinajstić information content (AvgIpc) is 3.01. The second-order valence-corrected chi connectivity index (χ2v) is 4.96. The quantitative estimate of drug-likeness (QED) is 0.641. The molecule has 16 heavy (non-hydrogen) atoms. The summed E-state index contributed by atoms with van der Waals surface area (Å²) in [5.41, 5.74) is 0. The lowest BCUT2D eigenvalue weighted by molar-refractivity contribution is -0.120. The van der Waals surface area contributed by atoms with Crippen LogP contribution in [0.4, 0.5) is 0 Å². The predicted molar refractivity (Wildman–Crippen MR) is 64.3 cm³/mol. The maximum atomic E-state index is 11.6. The number of carbonyl (C=O) groups is 1. The number of likely N-dealkylation sites (tertiary alicyclic amines) is 1. The molecule has 1 aliphatic carbocycles. The van der Waals surface area contributed by atoms with Crippen LogP contribution in [0.5, 0.6) is 0 Å². The Balaban J connectivity index is 1.60. The average molecular weight is 225 g/mol. The molecule has 92 valence electrons. The van der Waals surface area contributed by atoms with Crippen molar-refractivity contribution in [2.75, 3.05) is 26.2 Å². The van der Waals surface area contributed by atoms with Crippen molar-refractivity contribution in [3.8, 4) is 0 Å². The molecule has 0 aromatic heterocycles. The first kappa shape index (κ1) is 11.9. The minimum absolute atomic E-state index is 0.149. The Hall–Kier alpha value is -0.610. The van der Waals surface area contributed by atoms with E-state index in [4.69, 9.17) is 0 Å². The molecule has 0 radical (unpaired) electrons. The van der Waals surface area contributed by atoms with Crippen LogP contribution < -0.4 is 10.6 Å². The number of nitrogens with zero attached hydrogens (tertiary/aromatic N) is 1. The van der Waals surface area contributed by atoms with Gasteiger partial charge < -0.3 is 10.6 Å². The summed E-state index contributed by atoms with van der Waals surface area (Å²) in [4.78, 5) is 14.1. The van der Waals surface area contributed by atoms with Crippen molar-refractivity contribution < 1.29 is 4.79 Å². The van der Waals surface area contributed by atoms with E-state index in [1.807, 2.05) is 0 Å². The third-order valence-electron chi connectivity index (χ3n) is 3.36. The maximum absolute atomic E-state index is 11.6. The SMILES string of the molecule is CCCNCC(=O)NC1CCN(C2CC2)C1. The van der Waals surface area contributed by atoms with Crippen molar-refractivity contribution in [1.82, 2.24) is 15.5 Å². The zero-order valence-electron chi connectivity index (χ0n) is 10.2. The Morgan fingerprint density at radius 1 is 1.38 bits per heavy atom. The summed E-state index contributed by atoms with van der Waals surface area (Å²) in [5, 5.41) is 6.24. The molecule has 0 aromatic rings. The summed E-state index contributed by atoms with van der Waals surface area (Å²) < 4.78 is 0. The maximum Gasteiger partial charge on any atom is 0.234 e. The zero-order chi connectivity index (χ0) is 11.4. The smallest absolute Gasteiger partial charge is 0.234 e.